The number of nitro benzene ring substituents is 1. The number of halogens is 3. The van der Waals surface area contributed by atoms with Crippen LogP contribution in [0, 0.1) is 10.1 Å². The summed E-state index contributed by atoms with van der Waals surface area (Å²) in [6.45, 7) is 0. The molecule has 0 bridgehead atoms. The van der Waals surface area contributed by atoms with Crippen LogP contribution in [-0.2, 0) is 11.9 Å². The van der Waals surface area contributed by atoms with Crippen LogP contribution < -0.4 is 0 Å². The first-order valence-corrected chi connectivity index (χ1v) is 6.75. The van der Waals surface area contributed by atoms with Gasteiger partial charge in [0.15, 0.2) is 0 Å². The molecule has 1 aromatic heterocycles. The van der Waals surface area contributed by atoms with Crippen LogP contribution in [0.25, 0.3) is 0 Å². The van der Waals surface area contributed by atoms with E-state index in [1.165, 1.54) is 12.1 Å². The molecular weight excluding hydrogens is 305 g/mol. The highest BCUT2D eigenvalue weighted by Crippen LogP contribution is 2.31. The van der Waals surface area contributed by atoms with Gasteiger partial charge in [-0.2, -0.15) is 13.2 Å². The molecule has 0 saturated carbocycles. The summed E-state index contributed by atoms with van der Waals surface area (Å²) in [5.74, 6) is 0.259. The summed E-state index contributed by atoms with van der Waals surface area (Å²) in [6.07, 6.45) is -3.67. The lowest BCUT2D eigenvalue weighted by atomic mass is 10.2. The molecule has 1 aromatic carbocycles. The number of hydrogen-bond donors (Lipinski definition) is 0. The molecule has 0 atom stereocenters. The van der Waals surface area contributed by atoms with Crippen molar-refractivity contribution >= 4 is 17.4 Å². The molecule has 2 rings (SSSR count). The zero-order valence-corrected chi connectivity index (χ0v) is 11.3. The van der Waals surface area contributed by atoms with Gasteiger partial charge in [0.25, 0.3) is 5.69 Å². The number of aromatic nitrogens is 1. The molecule has 0 radical (unpaired) electrons. The van der Waals surface area contributed by atoms with E-state index >= 15 is 0 Å². The van der Waals surface area contributed by atoms with Crippen LogP contribution in [0.5, 0.6) is 0 Å². The summed E-state index contributed by atoms with van der Waals surface area (Å²) < 4.78 is 37.2. The van der Waals surface area contributed by atoms with Crippen LogP contribution >= 0.6 is 11.8 Å². The third-order valence-electron chi connectivity index (χ3n) is 2.63. The lowest BCUT2D eigenvalue weighted by molar-refractivity contribution is -0.385. The van der Waals surface area contributed by atoms with Crippen molar-refractivity contribution < 1.29 is 18.1 Å². The summed E-state index contributed by atoms with van der Waals surface area (Å²) in [5.41, 5.74) is -0.344. The van der Waals surface area contributed by atoms with Crippen LogP contribution in [0.3, 0.4) is 0 Å². The number of benzene rings is 1. The Hall–Kier alpha value is -2.09. The third kappa shape index (κ3) is 3.94. The van der Waals surface area contributed by atoms with Crippen molar-refractivity contribution in [2.45, 2.75) is 17.0 Å². The standard InChI is InChI=1S/C13H9F3N2O2S/c14-13(15,16)10-5-6-12(17-7-10)21-8-9-3-1-2-4-11(9)18(19)20/h1-7H,8H2. The van der Waals surface area contributed by atoms with Crippen molar-refractivity contribution in [3.63, 3.8) is 0 Å². The molecule has 0 aliphatic heterocycles. The zero-order chi connectivity index (χ0) is 15.5. The third-order valence-corrected chi connectivity index (χ3v) is 3.62. The highest BCUT2D eigenvalue weighted by molar-refractivity contribution is 7.98. The molecule has 0 amide bonds. The Labute approximate surface area is 122 Å². The van der Waals surface area contributed by atoms with Gasteiger partial charge in [-0.3, -0.25) is 10.1 Å². The van der Waals surface area contributed by atoms with Crippen LogP contribution in [0.1, 0.15) is 11.1 Å². The second-order valence-corrected chi connectivity index (χ2v) is 5.05. The average Bonchev–Trinajstić information content (AvgIpc) is 2.45. The summed E-state index contributed by atoms with van der Waals surface area (Å²) in [5, 5.41) is 11.2. The number of hydrogen-bond acceptors (Lipinski definition) is 4. The normalized spacial score (nSPS) is 11.4. The van der Waals surface area contributed by atoms with Crippen molar-refractivity contribution in [2.24, 2.45) is 0 Å². The first kappa shape index (κ1) is 15.3. The molecule has 0 N–H and O–H groups in total. The maximum absolute atomic E-state index is 12.4. The quantitative estimate of drug-likeness (QED) is 0.479. The number of pyridine rings is 1. The van der Waals surface area contributed by atoms with Gasteiger partial charge in [0.05, 0.1) is 15.5 Å². The van der Waals surface area contributed by atoms with E-state index in [1.807, 2.05) is 0 Å². The van der Waals surface area contributed by atoms with Crippen LogP contribution in [0.2, 0.25) is 0 Å². The molecule has 0 aliphatic rings. The molecule has 2 aromatic rings. The van der Waals surface area contributed by atoms with E-state index in [4.69, 9.17) is 0 Å². The van der Waals surface area contributed by atoms with Gasteiger partial charge in [-0.1, -0.05) is 18.2 Å². The Balaban J connectivity index is 2.09. The molecule has 110 valence electrons. The number of alkyl halides is 3. The molecule has 0 unspecified atom stereocenters. The first-order valence-electron chi connectivity index (χ1n) is 5.76. The van der Waals surface area contributed by atoms with E-state index in [1.54, 1.807) is 18.2 Å². The molecule has 8 heteroatoms. The monoisotopic (exact) mass is 314 g/mol. The molecule has 0 aliphatic carbocycles. The zero-order valence-electron chi connectivity index (χ0n) is 10.5. The number of thioether (sulfide) groups is 1. The second kappa shape index (κ2) is 6.13. The second-order valence-electron chi connectivity index (χ2n) is 4.06. The van der Waals surface area contributed by atoms with Gasteiger partial charge in [0, 0.05) is 23.6 Å². The predicted molar refractivity (Wildman–Crippen MR) is 71.9 cm³/mol. The van der Waals surface area contributed by atoms with Gasteiger partial charge in [0.1, 0.15) is 0 Å². The number of para-hydroxylation sites is 1. The smallest absolute Gasteiger partial charge is 0.258 e. The molecule has 21 heavy (non-hydrogen) atoms. The van der Waals surface area contributed by atoms with E-state index in [0.29, 0.717) is 10.6 Å². The van der Waals surface area contributed by atoms with Crippen LogP contribution in [-0.4, -0.2) is 9.91 Å². The Morgan fingerprint density at radius 1 is 1.19 bits per heavy atom. The van der Waals surface area contributed by atoms with Gasteiger partial charge >= 0.3 is 6.18 Å². The van der Waals surface area contributed by atoms with Gasteiger partial charge in [-0.15, -0.1) is 11.8 Å². The highest BCUT2D eigenvalue weighted by atomic mass is 32.2. The minimum Gasteiger partial charge on any atom is -0.258 e. The maximum atomic E-state index is 12.4. The van der Waals surface area contributed by atoms with Crippen LogP contribution in [0.4, 0.5) is 18.9 Å². The van der Waals surface area contributed by atoms with Gasteiger partial charge in [-0.25, -0.2) is 4.98 Å². The molecule has 4 nitrogen and oxygen atoms in total. The van der Waals surface area contributed by atoms with E-state index in [9.17, 15) is 23.3 Å². The van der Waals surface area contributed by atoms with Crippen LogP contribution in [0.15, 0.2) is 47.6 Å². The molecule has 0 saturated heterocycles. The Morgan fingerprint density at radius 2 is 1.90 bits per heavy atom. The van der Waals surface area contributed by atoms with Crippen molar-refractivity contribution in [3.05, 3.63) is 63.8 Å². The lowest BCUT2D eigenvalue weighted by Crippen LogP contribution is -2.05. The maximum Gasteiger partial charge on any atom is 0.417 e. The van der Waals surface area contributed by atoms with Crippen molar-refractivity contribution in [3.8, 4) is 0 Å². The topological polar surface area (TPSA) is 56.0 Å². The number of rotatable bonds is 4. The molecule has 0 fully saturated rings. The fourth-order valence-corrected chi connectivity index (χ4v) is 2.44. The fraction of sp³-hybridized carbons (Fsp3) is 0.154. The minimum atomic E-state index is -4.42. The van der Waals surface area contributed by atoms with Crippen molar-refractivity contribution in [2.75, 3.05) is 0 Å². The average molecular weight is 314 g/mol. The Morgan fingerprint density at radius 3 is 2.48 bits per heavy atom. The minimum absolute atomic E-state index is 0.0167. The van der Waals surface area contributed by atoms with Crippen molar-refractivity contribution in [1.82, 2.24) is 4.98 Å². The molecule has 0 spiro atoms. The Bertz CT molecular complexity index is 645. The summed E-state index contributed by atoms with van der Waals surface area (Å²) in [7, 11) is 0. The van der Waals surface area contributed by atoms with E-state index in [2.05, 4.69) is 4.98 Å². The highest BCUT2D eigenvalue weighted by Gasteiger charge is 2.30. The number of nitro groups is 1. The van der Waals surface area contributed by atoms with Gasteiger partial charge in [-0.05, 0) is 12.1 Å². The molecular formula is C13H9F3N2O2S. The SMILES string of the molecule is O=[N+]([O-])c1ccccc1CSc1ccc(C(F)(F)F)cn1. The van der Waals surface area contributed by atoms with Gasteiger partial charge < -0.3 is 0 Å². The Kier molecular flexibility index (Phi) is 4.46. The first-order chi connectivity index (χ1) is 9.88. The number of nitrogens with zero attached hydrogens (tertiary/aromatic N) is 2. The van der Waals surface area contributed by atoms with E-state index in [-0.39, 0.29) is 11.4 Å². The van der Waals surface area contributed by atoms with Crippen molar-refractivity contribution in [1.29, 1.82) is 0 Å². The summed E-state index contributed by atoms with van der Waals surface area (Å²) in [6, 6.07) is 8.41. The fourth-order valence-electron chi connectivity index (χ4n) is 1.60. The lowest BCUT2D eigenvalue weighted by Gasteiger charge is -2.07. The summed E-state index contributed by atoms with van der Waals surface area (Å²) in [4.78, 5) is 14.1. The van der Waals surface area contributed by atoms with E-state index < -0.39 is 16.7 Å². The van der Waals surface area contributed by atoms with Gasteiger partial charge in [0.2, 0.25) is 0 Å². The summed E-state index contributed by atoms with van der Waals surface area (Å²) >= 11 is 1.14. The predicted octanol–water partition coefficient (Wildman–Crippen LogP) is 4.30. The molecule has 1 heterocycles. The van der Waals surface area contributed by atoms with E-state index in [0.717, 1.165) is 24.0 Å². The largest absolute Gasteiger partial charge is 0.417 e.